The summed E-state index contributed by atoms with van der Waals surface area (Å²) >= 11 is 0. The van der Waals surface area contributed by atoms with Crippen molar-refractivity contribution in [2.75, 3.05) is 26.8 Å². The molecule has 0 fully saturated rings. The van der Waals surface area contributed by atoms with Gasteiger partial charge in [-0.05, 0) is 25.8 Å². The third-order valence-corrected chi connectivity index (χ3v) is 1.72. The fraction of sp³-hybridized carbons (Fsp3) is 0.889. The lowest BCUT2D eigenvalue weighted by atomic mass is 10.2. The Morgan fingerprint density at radius 1 is 1.31 bits per heavy atom. The van der Waals surface area contributed by atoms with Crippen LogP contribution in [0.25, 0.3) is 0 Å². The molecule has 0 aliphatic heterocycles. The molecular weight excluding hydrogens is 170 g/mol. The maximum atomic E-state index is 10.1. The molecule has 0 saturated carbocycles. The first kappa shape index (κ1) is 12.4. The number of unbranched alkanes of at least 4 members (excludes halogenated alkanes) is 2. The molecule has 0 saturated heterocycles. The van der Waals surface area contributed by atoms with E-state index in [-0.39, 0.29) is 6.42 Å². The summed E-state index contributed by atoms with van der Waals surface area (Å²) in [5, 5.41) is 11.4. The summed E-state index contributed by atoms with van der Waals surface area (Å²) in [7, 11) is 1.70. The minimum Gasteiger partial charge on any atom is -0.481 e. The van der Waals surface area contributed by atoms with Gasteiger partial charge in [-0.2, -0.15) is 0 Å². The Kier molecular flexibility index (Phi) is 9.03. The third-order valence-electron chi connectivity index (χ3n) is 1.72. The number of ether oxygens (including phenoxy) is 1. The minimum absolute atomic E-state index is 0.206. The highest BCUT2D eigenvalue weighted by molar-refractivity contribution is 5.66. The van der Waals surface area contributed by atoms with Crippen molar-refractivity contribution in [2.45, 2.75) is 25.7 Å². The average Bonchev–Trinajstić information content (AvgIpc) is 2.09. The molecule has 0 bridgehead atoms. The summed E-state index contributed by atoms with van der Waals surface area (Å²) in [6.45, 7) is 2.28. The van der Waals surface area contributed by atoms with Crippen LogP contribution in [0.15, 0.2) is 0 Å². The SMILES string of the molecule is COCCCCCNCCC(=O)O. The molecule has 0 aromatic heterocycles. The van der Waals surface area contributed by atoms with Crippen LogP contribution in [-0.2, 0) is 9.53 Å². The van der Waals surface area contributed by atoms with Crippen LogP contribution in [-0.4, -0.2) is 37.9 Å². The molecule has 0 aromatic carbocycles. The molecule has 0 atom stereocenters. The van der Waals surface area contributed by atoms with Crippen LogP contribution < -0.4 is 5.32 Å². The maximum absolute atomic E-state index is 10.1. The van der Waals surface area contributed by atoms with E-state index in [9.17, 15) is 4.79 Å². The number of aliphatic carboxylic acids is 1. The van der Waals surface area contributed by atoms with E-state index in [4.69, 9.17) is 9.84 Å². The first-order valence-electron chi connectivity index (χ1n) is 4.69. The van der Waals surface area contributed by atoms with Crippen molar-refractivity contribution in [1.29, 1.82) is 0 Å². The lowest BCUT2D eigenvalue weighted by Crippen LogP contribution is -2.19. The van der Waals surface area contributed by atoms with Crippen LogP contribution in [0.1, 0.15) is 25.7 Å². The predicted octanol–water partition coefficient (Wildman–Crippen LogP) is 0.867. The van der Waals surface area contributed by atoms with E-state index in [1.165, 1.54) is 0 Å². The second kappa shape index (κ2) is 9.48. The standard InChI is InChI=1S/C9H19NO3/c1-13-8-4-2-3-6-10-7-5-9(11)12/h10H,2-8H2,1H3,(H,11,12). The van der Waals surface area contributed by atoms with Gasteiger partial charge in [0.1, 0.15) is 0 Å². The van der Waals surface area contributed by atoms with E-state index in [0.29, 0.717) is 6.54 Å². The number of nitrogens with one attached hydrogen (secondary N) is 1. The van der Waals surface area contributed by atoms with Crippen molar-refractivity contribution in [2.24, 2.45) is 0 Å². The summed E-state index contributed by atoms with van der Waals surface area (Å²) in [5.74, 6) is -0.744. The van der Waals surface area contributed by atoms with Crippen LogP contribution in [0, 0.1) is 0 Å². The normalized spacial score (nSPS) is 10.2. The summed E-state index contributed by atoms with van der Waals surface area (Å²) in [5.41, 5.74) is 0. The highest BCUT2D eigenvalue weighted by Crippen LogP contribution is 1.93. The van der Waals surface area contributed by atoms with Crippen molar-refractivity contribution < 1.29 is 14.6 Å². The number of carbonyl (C=O) groups is 1. The second-order valence-corrected chi connectivity index (χ2v) is 2.95. The molecular formula is C9H19NO3. The van der Waals surface area contributed by atoms with Gasteiger partial charge in [-0.3, -0.25) is 4.79 Å². The molecule has 0 unspecified atom stereocenters. The molecule has 0 radical (unpaired) electrons. The molecule has 78 valence electrons. The van der Waals surface area contributed by atoms with Crippen LogP contribution in [0.3, 0.4) is 0 Å². The van der Waals surface area contributed by atoms with Crippen molar-refractivity contribution in [3.05, 3.63) is 0 Å². The lowest BCUT2D eigenvalue weighted by molar-refractivity contribution is -0.136. The van der Waals surface area contributed by atoms with E-state index < -0.39 is 5.97 Å². The van der Waals surface area contributed by atoms with Gasteiger partial charge < -0.3 is 15.2 Å². The number of rotatable bonds is 9. The number of hydrogen-bond acceptors (Lipinski definition) is 3. The smallest absolute Gasteiger partial charge is 0.304 e. The van der Waals surface area contributed by atoms with Gasteiger partial charge in [0, 0.05) is 20.3 Å². The Labute approximate surface area is 79.3 Å². The zero-order valence-corrected chi connectivity index (χ0v) is 8.21. The summed E-state index contributed by atoms with van der Waals surface area (Å²) in [6.07, 6.45) is 3.51. The quantitative estimate of drug-likeness (QED) is 0.528. The minimum atomic E-state index is -0.744. The van der Waals surface area contributed by atoms with Gasteiger partial charge in [0.2, 0.25) is 0 Å². The van der Waals surface area contributed by atoms with Gasteiger partial charge in [0.15, 0.2) is 0 Å². The Morgan fingerprint density at radius 3 is 2.69 bits per heavy atom. The topological polar surface area (TPSA) is 58.6 Å². The first-order chi connectivity index (χ1) is 6.27. The predicted molar refractivity (Wildman–Crippen MR) is 50.8 cm³/mol. The third kappa shape index (κ3) is 11.4. The van der Waals surface area contributed by atoms with E-state index in [0.717, 1.165) is 32.4 Å². The molecule has 4 nitrogen and oxygen atoms in total. The monoisotopic (exact) mass is 189 g/mol. The molecule has 0 heterocycles. The highest BCUT2D eigenvalue weighted by atomic mass is 16.5. The molecule has 0 aliphatic rings. The van der Waals surface area contributed by atoms with Crippen LogP contribution >= 0.6 is 0 Å². The fourth-order valence-electron chi connectivity index (χ4n) is 0.993. The number of carboxylic acid groups (broad SMARTS) is 1. The molecule has 0 rings (SSSR count). The van der Waals surface area contributed by atoms with E-state index in [1.807, 2.05) is 0 Å². The van der Waals surface area contributed by atoms with Gasteiger partial charge in [-0.1, -0.05) is 0 Å². The largest absolute Gasteiger partial charge is 0.481 e. The van der Waals surface area contributed by atoms with Gasteiger partial charge in [0.05, 0.1) is 6.42 Å². The van der Waals surface area contributed by atoms with Crippen molar-refractivity contribution in [1.82, 2.24) is 5.32 Å². The number of methoxy groups -OCH3 is 1. The Morgan fingerprint density at radius 2 is 2.08 bits per heavy atom. The maximum Gasteiger partial charge on any atom is 0.304 e. The number of hydrogen-bond donors (Lipinski definition) is 2. The molecule has 0 aliphatic carbocycles. The molecule has 0 aromatic rings. The van der Waals surface area contributed by atoms with Crippen molar-refractivity contribution in [3.8, 4) is 0 Å². The van der Waals surface area contributed by atoms with Gasteiger partial charge in [0.25, 0.3) is 0 Å². The van der Waals surface area contributed by atoms with Crippen LogP contribution in [0.5, 0.6) is 0 Å². The van der Waals surface area contributed by atoms with Crippen LogP contribution in [0.4, 0.5) is 0 Å². The zero-order valence-electron chi connectivity index (χ0n) is 8.21. The summed E-state index contributed by atoms with van der Waals surface area (Å²) < 4.78 is 4.90. The molecule has 0 amide bonds. The zero-order chi connectivity index (χ0) is 9.94. The van der Waals surface area contributed by atoms with E-state index in [1.54, 1.807) is 7.11 Å². The molecule has 4 heteroatoms. The van der Waals surface area contributed by atoms with E-state index in [2.05, 4.69) is 5.32 Å². The Hall–Kier alpha value is -0.610. The van der Waals surface area contributed by atoms with E-state index >= 15 is 0 Å². The molecule has 0 spiro atoms. The van der Waals surface area contributed by atoms with Crippen LogP contribution in [0.2, 0.25) is 0 Å². The molecule has 13 heavy (non-hydrogen) atoms. The Balaban J connectivity index is 2.87. The highest BCUT2D eigenvalue weighted by Gasteiger charge is 1.94. The Bertz CT molecular complexity index is 128. The summed E-state index contributed by atoms with van der Waals surface area (Å²) in [4.78, 5) is 10.1. The van der Waals surface area contributed by atoms with Gasteiger partial charge in [-0.25, -0.2) is 0 Å². The molecule has 2 N–H and O–H groups in total. The fourth-order valence-corrected chi connectivity index (χ4v) is 0.993. The summed E-state index contributed by atoms with van der Waals surface area (Å²) in [6, 6.07) is 0. The van der Waals surface area contributed by atoms with Gasteiger partial charge in [-0.15, -0.1) is 0 Å². The van der Waals surface area contributed by atoms with Crippen molar-refractivity contribution in [3.63, 3.8) is 0 Å². The second-order valence-electron chi connectivity index (χ2n) is 2.95. The lowest BCUT2D eigenvalue weighted by Gasteiger charge is -2.02. The van der Waals surface area contributed by atoms with Gasteiger partial charge >= 0.3 is 5.97 Å². The number of carboxylic acids is 1. The van der Waals surface area contributed by atoms with Crippen molar-refractivity contribution >= 4 is 5.97 Å². The first-order valence-corrected chi connectivity index (χ1v) is 4.69. The average molecular weight is 189 g/mol.